The maximum absolute atomic E-state index is 12.4. The molecular formula is C14H19NO2. The van der Waals surface area contributed by atoms with Gasteiger partial charge in [-0.1, -0.05) is 18.2 Å². The number of benzene rings is 1. The van der Waals surface area contributed by atoms with Crippen molar-refractivity contribution in [1.29, 1.82) is 0 Å². The van der Waals surface area contributed by atoms with Crippen molar-refractivity contribution in [2.24, 2.45) is 5.92 Å². The highest BCUT2D eigenvalue weighted by atomic mass is 16.5. The number of anilines is 1. The summed E-state index contributed by atoms with van der Waals surface area (Å²) in [5, 5.41) is 0. The van der Waals surface area contributed by atoms with E-state index in [1.165, 1.54) is 0 Å². The first-order valence-electron chi connectivity index (χ1n) is 6.27. The molecule has 0 radical (unpaired) electrons. The fraction of sp³-hybridized carbons (Fsp3) is 0.500. The van der Waals surface area contributed by atoms with Gasteiger partial charge in [-0.05, 0) is 31.9 Å². The number of hydrogen-bond acceptors (Lipinski definition) is 2. The molecule has 0 spiro atoms. The van der Waals surface area contributed by atoms with Crippen molar-refractivity contribution in [3.8, 4) is 0 Å². The topological polar surface area (TPSA) is 29.5 Å². The van der Waals surface area contributed by atoms with Crippen molar-refractivity contribution in [1.82, 2.24) is 0 Å². The second kappa shape index (κ2) is 5.82. The van der Waals surface area contributed by atoms with Crippen LogP contribution in [-0.4, -0.2) is 25.7 Å². The molecule has 0 aromatic heterocycles. The summed E-state index contributed by atoms with van der Waals surface area (Å²) in [6.45, 7) is 4.16. The van der Waals surface area contributed by atoms with Gasteiger partial charge < -0.3 is 9.64 Å². The van der Waals surface area contributed by atoms with Crippen molar-refractivity contribution in [2.75, 3.05) is 24.7 Å². The van der Waals surface area contributed by atoms with E-state index in [4.69, 9.17) is 4.74 Å². The Kier molecular flexibility index (Phi) is 4.15. The van der Waals surface area contributed by atoms with Gasteiger partial charge in [0, 0.05) is 31.4 Å². The average molecular weight is 233 g/mol. The molecule has 2 rings (SSSR count). The molecule has 0 N–H and O–H groups in total. The molecule has 1 amide bonds. The molecule has 0 unspecified atom stereocenters. The smallest absolute Gasteiger partial charge is 0.230 e. The van der Waals surface area contributed by atoms with E-state index in [1.54, 1.807) is 0 Å². The summed E-state index contributed by atoms with van der Waals surface area (Å²) in [7, 11) is 0. The number of nitrogens with zero attached hydrogens (tertiary/aromatic N) is 1. The Labute approximate surface area is 102 Å². The number of rotatable bonds is 3. The molecular weight excluding hydrogens is 214 g/mol. The zero-order valence-electron chi connectivity index (χ0n) is 10.3. The maximum atomic E-state index is 12.4. The van der Waals surface area contributed by atoms with Crippen LogP contribution in [0.3, 0.4) is 0 Å². The van der Waals surface area contributed by atoms with Gasteiger partial charge in [-0.2, -0.15) is 0 Å². The van der Waals surface area contributed by atoms with Crippen molar-refractivity contribution in [3.63, 3.8) is 0 Å². The molecule has 1 saturated heterocycles. The normalized spacial score (nSPS) is 16.8. The van der Waals surface area contributed by atoms with Gasteiger partial charge >= 0.3 is 0 Å². The predicted molar refractivity (Wildman–Crippen MR) is 68.0 cm³/mol. The van der Waals surface area contributed by atoms with Gasteiger partial charge in [0.05, 0.1) is 0 Å². The molecule has 0 atom stereocenters. The lowest BCUT2D eigenvalue weighted by molar-refractivity contribution is -0.125. The predicted octanol–water partition coefficient (Wildman–Crippen LogP) is 2.47. The highest BCUT2D eigenvalue weighted by Gasteiger charge is 2.26. The Hall–Kier alpha value is -1.35. The zero-order chi connectivity index (χ0) is 12.1. The minimum atomic E-state index is 0.129. The Morgan fingerprint density at radius 2 is 1.94 bits per heavy atom. The lowest BCUT2D eigenvalue weighted by Crippen LogP contribution is -2.38. The summed E-state index contributed by atoms with van der Waals surface area (Å²) < 4.78 is 5.30. The third kappa shape index (κ3) is 2.86. The molecule has 3 heteroatoms. The highest BCUT2D eigenvalue weighted by Crippen LogP contribution is 2.21. The molecule has 1 heterocycles. The molecule has 1 fully saturated rings. The van der Waals surface area contributed by atoms with E-state index in [0.717, 1.165) is 25.1 Å². The number of para-hydroxylation sites is 1. The van der Waals surface area contributed by atoms with Crippen molar-refractivity contribution in [3.05, 3.63) is 30.3 Å². The first-order valence-corrected chi connectivity index (χ1v) is 6.27. The minimum Gasteiger partial charge on any atom is -0.381 e. The Morgan fingerprint density at radius 1 is 1.29 bits per heavy atom. The second-order valence-electron chi connectivity index (χ2n) is 4.30. The monoisotopic (exact) mass is 233 g/mol. The van der Waals surface area contributed by atoms with E-state index >= 15 is 0 Å². The van der Waals surface area contributed by atoms with Gasteiger partial charge in [0.2, 0.25) is 5.91 Å². The minimum absolute atomic E-state index is 0.129. The van der Waals surface area contributed by atoms with Crippen LogP contribution in [0.2, 0.25) is 0 Å². The van der Waals surface area contributed by atoms with E-state index in [-0.39, 0.29) is 11.8 Å². The van der Waals surface area contributed by atoms with Crippen LogP contribution in [0.1, 0.15) is 19.8 Å². The molecule has 0 bridgehead atoms. The van der Waals surface area contributed by atoms with E-state index < -0.39 is 0 Å². The van der Waals surface area contributed by atoms with E-state index in [9.17, 15) is 4.79 Å². The number of amides is 1. The molecule has 0 aliphatic carbocycles. The summed E-state index contributed by atoms with van der Waals surface area (Å²) in [5.74, 6) is 0.367. The highest BCUT2D eigenvalue weighted by molar-refractivity contribution is 5.95. The second-order valence-corrected chi connectivity index (χ2v) is 4.30. The summed E-state index contributed by atoms with van der Waals surface area (Å²) in [6, 6.07) is 9.88. The first-order chi connectivity index (χ1) is 8.33. The van der Waals surface area contributed by atoms with Crippen LogP contribution in [0.25, 0.3) is 0 Å². The van der Waals surface area contributed by atoms with E-state index in [1.807, 2.05) is 42.2 Å². The van der Waals surface area contributed by atoms with Gasteiger partial charge in [-0.3, -0.25) is 4.79 Å². The maximum Gasteiger partial charge on any atom is 0.230 e. The molecule has 1 aliphatic heterocycles. The van der Waals surface area contributed by atoms with Crippen LogP contribution in [0, 0.1) is 5.92 Å². The van der Waals surface area contributed by atoms with E-state index in [2.05, 4.69) is 0 Å². The number of carbonyl (C=O) groups is 1. The molecule has 1 aromatic carbocycles. The Bertz CT molecular complexity index is 358. The quantitative estimate of drug-likeness (QED) is 0.802. The van der Waals surface area contributed by atoms with Crippen molar-refractivity contribution < 1.29 is 9.53 Å². The molecule has 0 saturated carbocycles. The lowest BCUT2D eigenvalue weighted by Gasteiger charge is -2.28. The van der Waals surface area contributed by atoms with Crippen LogP contribution in [0.4, 0.5) is 5.69 Å². The Balaban J connectivity index is 2.10. The largest absolute Gasteiger partial charge is 0.381 e. The Morgan fingerprint density at radius 3 is 2.53 bits per heavy atom. The first kappa shape index (κ1) is 12.1. The molecule has 17 heavy (non-hydrogen) atoms. The van der Waals surface area contributed by atoms with Crippen LogP contribution in [0.15, 0.2) is 30.3 Å². The van der Waals surface area contributed by atoms with Gasteiger partial charge in [0.15, 0.2) is 0 Å². The third-order valence-electron chi connectivity index (χ3n) is 3.22. The van der Waals surface area contributed by atoms with Crippen LogP contribution < -0.4 is 4.90 Å². The van der Waals surface area contributed by atoms with Crippen LogP contribution in [0.5, 0.6) is 0 Å². The van der Waals surface area contributed by atoms with Gasteiger partial charge in [-0.15, -0.1) is 0 Å². The number of hydrogen-bond donors (Lipinski definition) is 0. The van der Waals surface area contributed by atoms with Gasteiger partial charge in [0.1, 0.15) is 0 Å². The summed E-state index contributed by atoms with van der Waals surface area (Å²) in [5.41, 5.74) is 0.992. The average Bonchev–Trinajstić information content (AvgIpc) is 2.42. The summed E-state index contributed by atoms with van der Waals surface area (Å²) >= 11 is 0. The molecule has 1 aliphatic rings. The number of carbonyl (C=O) groups excluding carboxylic acids is 1. The SMILES string of the molecule is CCN(C(=O)C1CCOCC1)c1ccccc1. The molecule has 92 valence electrons. The van der Waals surface area contributed by atoms with Gasteiger partial charge in [0.25, 0.3) is 0 Å². The molecule has 3 nitrogen and oxygen atoms in total. The third-order valence-corrected chi connectivity index (χ3v) is 3.22. The fourth-order valence-electron chi connectivity index (χ4n) is 2.24. The van der Waals surface area contributed by atoms with Gasteiger partial charge in [-0.25, -0.2) is 0 Å². The molecule has 1 aromatic rings. The van der Waals surface area contributed by atoms with Crippen LogP contribution in [-0.2, 0) is 9.53 Å². The van der Waals surface area contributed by atoms with Crippen molar-refractivity contribution in [2.45, 2.75) is 19.8 Å². The van der Waals surface area contributed by atoms with Crippen LogP contribution >= 0.6 is 0 Å². The standard InChI is InChI=1S/C14H19NO2/c1-2-15(13-6-4-3-5-7-13)14(16)12-8-10-17-11-9-12/h3-7,12H,2,8-11H2,1H3. The van der Waals surface area contributed by atoms with E-state index in [0.29, 0.717) is 13.2 Å². The van der Waals surface area contributed by atoms with Crippen molar-refractivity contribution >= 4 is 11.6 Å². The summed E-state index contributed by atoms with van der Waals surface area (Å²) in [4.78, 5) is 14.3. The lowest BCUT2D eigenvalue weighted by atomic mass is 9.98. The fourth-order valence-corrected chi connectivity index (χ4v) is 2.24. The zero-order valence-corrected chi connectivity index (χ0v) is 10.3. The number of ether oxygens (including phenoxy) is 1. The summed E-state index contributed by atoms with van der Waals surface area (Å²) in [6.07, 6.45) is 1.70.